The first-order valence-electron chi connectivity index (χ1n) is 5.69. The summed E-state index contributed by atoms with van der Waals surface area (Å²) in [5.74, 6) is -0.833. The van der Waals surface area contributed by atoms with Crippen molar-refractivity contribution in [2.24, 2.45) is 0 Å². The average Bonchev–Trinajstić information content (AvgIpc) is 2.14. The van der Waals surface area contributed by atoms with Crippen LogP contribution in [-0.4, -0.2) is 16.2 Å². The maximum Gasteiger partial charge on any atom is 0.304 e. The van der Waals surface area contributed by atoms with Crippen molar-refractivity contribution < 1.29 is 15.0 Å². The summed E-state index contributed by atoms with van der Waals surface area (Å²) in [7, 11) is 0. The Hall–Kier alpha value is -1.35. The summed E-state index contributed by atoms with van der Waals surface area (Å²) in [5, 5.41) is 19.1. The third-order valence-electron chi connectivity index (χ3n) is 2.91. The van der Waals surface area contributed by atoms with Crippen LogP contribution in [0.1, 0.15) is 45.2 Å². The number of rotatable bonds is 4. The molecule has 17 heavy (non-hydrogen) atoms. The van der Waals surface area contributed by atoms with Gasteiger partial charge in [-0.2, -0.15) is 0 Å². The van der Waals surface area contributed by atoms with Crippen LogP contribution in [0.2, 0.25) is 0 Å². The zero-order valence-electron chi connectivity index (χ0n) is 10.8. The standard InChI is InChI=1S/C14H20O3/c1-13(2,9-12(15)16)10-7-5-6-8-11(10)14(3,4)17/h5-8,17H,9H2,1-4H3,(H,15,16). The van der Waals surface area contributed by atoms with E-state index < -0.39 is 17.0 Å². The zero-order valence-corrected chi connectivity index (χ0v) is 10.8. The third-order valence-corrected chi connectivity index (χ3v) is 2.91. The van der Waals surface area contributed by atoms with E-state index in [1.807, 2.05) is 38.1 Å². The topological polar surface area (TPSA) is 57.5 Å². The lowest BCUT2D eigenvalue weighted by Gasteiger charge is -2.30. The third kappa shape index (κ3) is 3.30. The van der Waals surface area contributed by atoms with Crippen molar-refractivity contribution >= 4 is 5.97 Å². The first-order chi connectivity index (χ1) is 7.64. The fraction of sp³-hybridized carbons (Fsp3) is 0.500. The smallest absolute Gasteiger partial charge is 0.304 e. The van der Waals surface area contributed by atoms with Crippen molar-refractivity contribution in [1.82, 2.24) is 0 Å². The number of hydrogen-bond acceptors (Lipinski definition) is 2. The second kappa shape index (κ2) is 4.49. The second-order valence-electron chi connectivity index (χ2n) is 5.56. The van der Waals surface area contributed by atoms with Gasteiger partial charge < -0.3 is 10.2 Å². The molecule has 0 aliphatic heterocycles. The van der Waals surface area contributed by atoms with Gasteiger partial charge in [-0.3, -0.25) is 4.79 Å². The van der Waals surface area contributed by atoms with E-state index in [9.17, 15) is 9.90 Å². The van der Waals surface area contributed by atoms with Crippen LogP contribution in [0.5, 0.6) is 0 Å². The lowest BCUT2D eigenvalue weighted by Crippen LogP contribution is -2.28. The van der Waals surface area contributed by atoms with Crippen molar-refractivity contribution in [3.63, 3.8) is 0 Å². The molecule has 0 aromatic heterocycles. The zero-order chi connectivity index (χ0) is 13.3. The number of aliphatic carboxylic acids is 1. The van der Waals surface area contributed by atoms with Crippen LogP contribution >= 0.6 is 0 Å². The molecule has 3 nitrogen and oxygen atoms in total. The Morgan fingerprint density at radius 2 is 1.59 bits per heavy atom. The molecule has 0 radical (unpaired) electrons. The molecule has 0 heterocycles. The molecule has 0 bridgehead atoms. The van der Waals surface area contributed by atoms with E-state index in [0.717, 1.165) is 11.1 Å². The SMILES string of the molecule is CC(C)(O)c1ccccc1C(C)(C)CC(=O)O. The van der Waals surface area contributed by atoms with Gasteiger partial charge in [0.05, 0.1) is 12.0 Å². The van der Waals surface area contributed by atoms with Crippen molar-refractivity contribution in [2.45, 2.75) is 45.1 Å². The maximum absolute atomic E-state index is 10.9. The van der Waals surface area contributed by atoms with Crippen LogP contribution in [0.25, 0.3) is 0 Å². The largest absolute Gasteiger partial charge is 0.481 e. The monoisotopic (exact) mass is 236 g/mol. The summed E-state index contributed by atoms with van der Waals surface area (Å²) in [4.78, 5) is 10.9. The minimum atomic E-state index is -0.966. The van der Waals surface area contributed by atoms with Gasteiger partial charge in [-0.15, -0.1) is 0 Å². The van der Waals surface area contributed by atoms with Crippen molar-refractivity contribution in [1.29, 1.82) is 0 Å². The first kappa shape index (κ1) is 13.7. The van der Waals surface area contributed by atoms with Crippen LogP contribution in [0.15, 0.2) is 24.3 Å². The number of aliphatic hydroxyl groups is 1. The fourth-order valence-electron chi connectivity index (χ4n) is 2.08. The Kier molecular flexibility index (Phi) is 3.62. The molecule has 94 valence electrons. The molecule has 0 unspecified atom stereocenters. The second-order valence-corrected chi connectivity index (χ2v) is 5.56. The van der Waals surface area contributed by atoms with Crippen LogP contribution in [0, 0.1) is 0 Å². The van der Waals surface area contributed by atoms with Crippen LogP contribution in [-0.2, 0) is 15.8 Å². The molecule has 0 saturated heterocycles. The molecule has 0 aliphatic carbocycles. The number of hydrogen-bond donors (Lipinski definition) is 2. The number of carboxylic acid groups (broad SMARTS) is 1. The highest BCUT2D eigenvalue weighted by Crippen LogP contribution is 2.34. The fourth-order valence-corrected chi connectivity index (χ4v) is 2.08. The predicted molar refractivity (Wildman–Crippen MR) is 67.0 cm³/mol. The van der Waals surface area contributed by atoms with Crippen LogP contribution in [0.3, 0.4) is 0 Å². The van der Waals surface area contributed by atoms with Gasteiger partial charge in [-0.1, -0.05) is 38.1 Å². The van der Waals surface area contributed by atoms with Gasteiger partial charge in [-0.25, -0.2) is 0 Å². The molecule has 0 atom stereocenters. The average molecular weight is 236 g/mol. The van der Waals surface area contributed by atoms with Gasteiger partial charge in [0.25, 0.3) is 0 Å². The normalized spacial score (nSPS) is 12.5. The Labute approximate surface area is 102 Å². The number of carbonyl (C=O) groups is 1. The number of carboxylic acids is 1. The van der Waals surface area contributed by atoms with E-state index in [2.05, 4.69) is 0 Å². The predicted octanol–water partition coefficient (Wildman–Crippen LogP) is 2.67. The number of benzene rings is 1. The molecule has 0 spiro atoms. The molecular weight excluding hydrogens is 216 g/mol. The Morgan fingerprint density at radius 1 is 1.12 bits per heavy atom. The quantitative estimate of drug-likeness (QED) is 0.845. The Balaban J connectivity index is 3.26. The van der Waals surface area contributed by atoms with E-state index in [1.54, 1.807) is 13.8 Å². The summed E-state index contributed by atoms with van der Waals surface area (Å²) in [6.07, 6.45) is 0.0418. The minimum absolute atomic E-state index is 0.0418. The molecule has 0 fully saturated rings. The van der Waals surface area contributed by atoms with E-state index in [1.165, 1.54) is 0 Å². The molecule has 0 aliphatic rings. The van der Waals surface area contributed by atoms with E-state index in [-0.39, 0.29) is 6.42 Å². The summed E-state index contributed by atoms with van der Waals surface area (Å²) in [6, 6.07) is 7.46. The molecule has 0 saturated carbocycles. The highest BCUT2D eigenvalue weighted by Gasteiger charge is 2.30. The summed E-state index contributed by atoms with van der Waals surface area (Å²) < 4.78 is 0. The minimum Gasteiger partial charge on any atom is -0.481 e. The summed E-state index contributed by atoms with van der Waals surface area (Å²) in [6.45, 7) is 7.18. The van der Waals surface area contributed by atoms with Gasteiger partial charge in [-0.05, 0) is 25.0 Å². The van der Waals surface area contributed by atoms with Crippen molar-refractivity contribution in [3.8, 4) is 0 Å². The summed E-state index contributed by atoms with van der Waals surface area (Å²) >= 11 is 0. The maximum atomic E-state index is 10.9. The lowest BCUT2D eigenvalue weighted by molar-refractivity contribution is -0.138. The summed E-state index contributed by atoms with van der Waals surface area (Å²) in [5.41, 5.74) is 0.204. The van der Waals surface area contributed by atoms with Crippen LogP contribution < -0.4 is 0 Å². The van der Waals surface area contributed by atoms with Gasteiger partial charge >= 0.3 is 5.97 Å². The molecule has 1 aromatic rings. The lowest BCUT2D eigenvalue weighted by atomic mass is 9.76. The van der Waals surface area contributed by atoms with Gasteiger partial charge in [0, 0.05) is 5.41 Å². The molecule has 0 amide bonds. The molecular formula is C14H20O3. The first-order valence-corrected chi connectivity index (χ1v) is 5.69. The van der Waals surface area contributed by atoms with Crippen molar-refractivity contribution in [2.75, 3.05) is 0 Å². The highest BCUT2D eigenvalue weighted by atomic mass is 16.4. The van der Waals surface area contributed by atoms with Crippen LogP contribution in [0.4, 0.5) is 0 Å². The molecule has 2 N–H and O–H groups in total. The molecule has 1 rings (SSSR count). The van der Waals surface area contributed by atoms with Crippen molar-refractivity contribution in [3.05, 3.63) is 35.4 Å². The van der Waals surface area contributed by atoms with E-state index >= 15 is 0 Å². The van der Waals surface area contributed by atoms with E-state index in [0.29, 0.717) is 0 Å². The van der Waals surface area contributed by atoms with Gasteiger partial charge in [0.1, 0.15) is 0 Å². The molecule has 1 aromatic carbocycles. The van der Waals surface area contributed by atoms with Gasteiger partial charge in [0.2, 0.25) is 0 Å². The Bertz CT molecular complexity index is 414. The van der Waals surface area contributed by atoms with E-state index in [4.69, 9.17) is 5.11 Å². The van der Waals surface area contributed by atoms with Gasteiger partial charge in [0.15, 0.2) is 0 Å². The molecule has 3 heteroatoms. The Morgan fingerprint density at radius 3 is 2.00 bits per heavy atom. The highest BCUT2D eigenvalue weighted by molar-refractivity contribution is 5.69.